The molecule has 3 heteroatoms. The average Bonchev–Trinajstić information content (AvgIpc) is 2.16. The number of hydrogen-bond donors (Lipinski definition) is 1. The Morgan fingerprint density at radius 2 is 2.23 bits per heavy atom. The van der Waals surface area contributed by atoms with Crippen LogP contribution in [0.25, 0.3) is 0 Å². The summed E-state index contributed by atoms with van der Waals surface area (Å²) in [6, 6.07) is 4.92. The summed E-state index contributed by atoms with van der Waals surface area (Å²) in [6.45, 7) is 2.48. The van der Waals surface area contributed by atoms with Gasteiger partial charge in [0, 0.05) is 0 Å². The van der Waals surface area contributed by atoms with Crippen LogP contribution in [0.15, 0.2) is 18.2 Å². The molecule has 1 aromatic carbocycles. The lowest BCUT2D eigenvalue weighted by atomic mass is 10.0. The van der Waals surface area contributed by atoms with Gasteiger partial charge in [0.25, 0.3) is 0 Å². The average molecular weight is 183 g/mol. The van der Waals surface area contributed by atoms with Crippen molar-refractivity contribution >= 4 is 0 Å². The van der Waals surface area contributed by atoms with Crippen LogP contribution >= 0.6 is 0 Å². The molecular weight excluding hydrogens is 169 g/mol. The Bertz CT molecular complexity index is 288. The molecule has 72 valence electrons. The fourth-order valence-electron chi connectivity index (χ4n) is 1.13. The summed E-state index contributed by atoms with van der Waals surface area (Å²) in [7, 11) is 1.45. The second kappa shape index (κ2) is 4.23. The van der Waals surface area contributed by atoms with E-state index in [1.54, 1.807) is 6.07 Å². The molecule has 0 amide bonds. The Hall–Kier alpha value is -1.09. The van der Waals surface area contributed by atoms with E-state index in [-0.39, 0.29) is 17.5 Å². The smallest absolute Gasteiger partial charge is 0.165 e. The standard InChI is InChI=1S/C10H14FNO/c1-7(6-12)8-3-4-10(13-2)9(11)5-8/h3-5,7H,6,12H2,1-2H3/t7-/m1/s1. The summed E-state index contributed by atoms with van der Waals surface area (Å²) in [5.41, 5.74) is 6.37. The Kier molecular flexibility index (Phi) is 3.25. The quantitative estimate of drug-likeness (QED) is 0.776. The van der Waals surface area contributed by atoms with Crippen molar-refractivity contribution in [3.63, 3.8) is 0 Å². The number of hydrogen-bond acceptors (Lipinski definition) is 2. The number of halogens is 1. The fourth-order valence-corrected chi connectivity index (χ4v) is 1.13. The van der Waals surface area contributed by atoms with Crippen molar-refractivity contribution in [3.8, 4) is 5.75 Å². The van der Waals surface area contributed by atoms with Crippen LogP contribution in [0.3, 0.4) is 0 Å². The van der Waals surface area contributed by atoms with Crippen molar-refractivity contribution in [2.75, 3.05) is 13.7 Å². The molecule has 2 nitrogen and oxygen atoms in total. The Morgan fingerprint density at radius 3 is 2.69 bits per heavy atom. The Labute approximate surface area is 77.5 Å². The van der Waals surface area contributed by atoms with E-state index in [0.29, 0.717) is 6.54 Å². The molecule has 0 heterocycles. The molecule has 0 radical (unpaired) electrons. The van der Waals surface area contributed by atoms with E-state index in [2.05, 4.69) is 0 Å². The minimum Gasteiger partial charge on any atom is -0.494 e. The fraction of sp³-hybridized carbons (Fsp3) is 0.400. The highest BCUT2D eigenvalue weighted by Crippen LogP contribution is 2.21. The first-order valence-corrected chi connectivity index (χ1v) is 4.22. The van der Waals surface area contributed by atoms with Gasteiger partial charge in [-0.15, -0.1) is 0 Å². The molecule has 1 atom stereocenters. The van der Waals surface area contributed by atoms with E-state index in [1.807, 2.05) is 13.0 Å². The van der Waals surface area contributed by atoms with Crippen LogP contribution in [-0.4, -0.2) is 13.7 Å². The predicted molar refractivity (Wildman–Crippen MR) is 50.4 cm³/mol. The summed E-state index contributed by atoms with van der Waals surface area (Å²) in [6.07, 6.45) is 0. The van der Waals surface area contributed by atoms with Gasteiger partial charge in [-0.2, -0.15) is 0 Å². The minimum atomic E-state index is -0.333. The summed E-state index contributed by atoms with van der Waals surface area (Å²) < 4.78 is 18.0. The summed E-state index contributed by atoms with van der Waals surface area (Å²) >= 11 is 0. The summed E-state index contributed by atoms with van der Waals surface area (Å²) in [4.78, 5) is 0. The van der Waals surface area contributed by atoms with Gasteiger partial charge in [0.1, 0.15) is 0 Å². The van der Waals surface area contributed by atoms with Gasteiger partial charge in [0.2, 0.25) is 0 Å². The second-order valence-electron chi connectivity index (χ2n) is 3.03. The maximum Gasteiger partial charge on any atom is 0.165 e. The van der Waals surface area contributed by atoms with E-state index in [4.69, 9.17) is 10.5 Å². The number of methoxy groups -OCH3 is 1. The Balaban J connectivity index is 2.95. The molecule has 0 saturated carbocycles. The zero-order chi connectivity index (χ0) is 9.84. The van der Waals surface area contributed by atoms with Gasteiger partial charge in [-0.1, -0.05) is 13.0 Å². The second-order valence-corrected chi connectivity index (χ2v) is 3.03. The molecule has 0 aliphatic rings. The molecule has 0 fully saturated rings. The molecule has 13 heavy (non-hydrogen) atoms. The van der Waals surface area contributed by atoms with Crippen LogP contribution in [0.4, 0.5) is 4.39 Å². The highest BCUT2D eigenvalue weighted by Gasteiger charge is 2.07. The topological polar surface area (TPSA) is 35.2 Å². The molecule has 0 aliphatic heterocycles. The zero-order valence-corrected chi connectivity index (χ0v) is 7.88. The molecule has 0 saturated heterocycles. The molecule has 1 aromatic rings. The molecule has 0 bridgehead atoms. The van der Waals surface area contributed by atoms with Crippen molar-refractivity contribution in [3.05, 3.63) is 29.6 Å². The van der Waals surface area contributed by atoms with E-state index in [9.17, 15) is 4.39 Å². The monoisotopic (exact) mass is 183 g/mol. The predicted octanol–water partition coefficient (Wildman–Crippen LogP) is 1.90. The summed E-state index contributed by atoms with van der Waals surface area (Å²) in [5.74, 6) is 0.119. The van der Waals surface area contributed by atoms with Gasteiger partial charge >= 0.3 is 0 Å². The van der Waals surface area contributed by atoms with Gasteiger partial charge in [0.05, 0.1) is 7.11 Å². The molecular formula is C10H14FNO. The SMILES string of the molecule is COc1ccc([C@H](C)CN)cc1F. The lowest BCUT2D eigenvalue weighted by Gasteiger charge is -2.10. The first-order valence-electron chi connectivity index (χ1n) is 4.22. The van der Waals surface area contributed by atoms with Crippen molar-refractivity contribution in [1.82, 2.24) is 0 Å². The van der Waals surface area contributed by atoms with Crippen LogP contribution in [0.2, 0.25) is 0 Å². The molecule has 0 unspecified atom stereocenters. The number of nitrogens with two attached hydrogens (primary N) is 1. The van der Waals surface area contributed by atoms with E-state index >= 15 is 0 Å². The third-order valence-electron chi connectivity index (χ3n) is 2.10. The van der Waals surface area contributed by atoms with Crippen molar-refractivity contribution < 1.29 is 9.13 Å². The summed E-state index contributed by atoms with van der Waals surface area (Å²) in [5, 5.41) is 0. The maximum atomic E-state index is 13.2. The van der Waals surface area contributed by atoms with Gasteiger partial charge < -0.3 is 10.5 Å². The zero-order valence-electron chi connectivity index (χ0n) is 7.88. The molecule has 0 aromatic heterocycles. The lowest BCUT2D eigenvalue weighted by molar-refractivity contribution is 0.386. The lowest BCUT2D eigenvalue weighted by Crippen LogP contribution is -2.09. The Morgan fingerprint density at radius 1 is 1.54 bits per heavy atom. The maximum absolute atomic E-state index is 13.2. The third-order valence-corrected chi connectivity index (χ3v) is 2.10. The highest BCUT2D eigenvalue weighted by atomic mass is 19.1. The third kappa shape index (κ3) is 2.18. The van der Waals surface area contributed by atoms with Crippen molar-refractivity contribution in [2.45, 2.75) is 12.8 Å². The van der Waals surface area contributed by atoms with Crippen LogP contribution in [-0.2, 0) is 0 Å². The molecule has 2 N–H and O–H groups in total. The first kappa shape index (κ1) is 9.99. The normalized spacial score (nSPS) is 12.6. The number of benzene rings is 1. The first-order chi connectivity index (χ1) is 6.19. The van der Waals surface area contributed by atoms with Gasteiger partial charge in [-0.05, 0) is 30.2 Å². The van der Waals surface area contributed by atoms with Gasteiger partial charge in [-0.25, -0.2) is 4.39 Å². The molecule has 0 spiro atoms. The number of ether oxygens (including phenoxy) is 1. The van der Waals surface area contributed by atoms with Gasteiger partial charge in [-0.3, -0.25) is 0 Å². The minimum absolute atomic E-state index is 0.181. The molecule has 0 aliphatic carbocycles. The van der Waals surface area contributed by atoms with E-state index in [0.717, 1.165) is 5.56 Å². The highest BCUT2D eigenvalue weighted by molar-refractivity contribution is 5.31. The van der Waals surface area contributed by atoms with Crippen molar-refractivity contribution in [1.29, 1.82) is 0 Å². The van der Waals surface area contributed by atoms with Gasteiger partial charge in [0.15, 0.2) is 11.6 Å². The van der Waals surface area contributed by atoms with E-state index in [1.165, 1.54) is 13.2 Å². The van der Waals surface area contributed by atoms with Crippen LogP contribution < -0.4 is 10.5 Å². The molecule has 1 rings (SSSR count). The van der Waals surface area contributed by atoms with Crippen LogP contribution in [0, 0.1) is 5.82 Å². The van der Waals surface area contributed by atoms with Crippen molar-refractivity contribution in [2.24, 2.45) is 5.73 Å². The van der Waals surface area contributed by atoms with E-state index < -0.39 is 0 Å². The number of rotatable bonds is 3. The van der Waals surface area contributed by atoms with Crippen LogP contribution in [0.5, 0.6) is 5.75 Å². The van der Waals surface area contributed by atoms with Crippen LogP contribution in [0.1, 0.15) is 18.4 Å². The largest absolute Gasteiger partial charge is 0.494 e.